The molecule has 19 heavy (non-hydrogen) atoms. The fourth-order valence-corrected chi connectivity index (χ4v) is 2.04. The minimum Gasteiger partial charge on any atom is -0.481 e. The summed E-state index contributed by atoms with van der Waals surface area (Å²) < 4.78 is 5.60. The van der Waals surface area contributed by atoms with Gasteiger partial charge in [-0.3, -0.25) is 4.79 Å². The Morgan fingerprint density at radius 3 is 2.42 bits per heavy atom. The zero-order chi connectivity index (χ0) is 14.2. The summed E-state index contributed by atoms with van der Waals surface area (Å²) in [5.74, 6) is -0.00270. The average Bonchev–Trinajstić information content (AvgIpc) is 2.64. The van der Waals surface area contributed by atoms with Crippen LogP contribution in [0.15, 0.2) is 16.5 Å². The molecule has 1 heterocycles. The first-order chi connectivity index (χ1) is 8.88. The normalized spacial score (nSPS) is 10.7. The van der Waals surface area contributed by atoms with Gasteiger partial charge in [-0.25, -0.2) is 4.98 Å². The quantitative estimate of drug-likeness (QED) is 0.919. The Kier molecular flexibility index (Phi) is 3.42. The molecule has 0 aliphatic heterocycles. The smallest absolute Gasteiger partial charge is 0.311 e. The molecular formula is C15H17NO3. The van der Waals surface area contributed by atoms with Gasteiger partial charge >= 0.3 is 5.97 Å². The molecule has 0 unspecified atom stereocenters. The molecule has 4 heteroatoms. The van der Waals surface area contributed by atoms with Gasteiger partial charge in [-0.2, -0.15) is 0 Å². The summed E-state index contributed by atoms with van der Waals surface area (Å²) in [5, 5.41) is 8.82. The van der Waals surface area contributed by atoms with Crippen molar-refractivity contribution >= 4 is 5.97 Å². The predicted octanol–water partition coefficient (Wildman–Crippen LogP) is 3.20. The second kappa shape index (κ2) is 4.88. The minimum atomic E-state index is -0.914. The molecule has 0 atom stereocenters. The van der Waals surface area contributed by atoms with Gasteiger partial charge in [0.15, 0.2) is 0 Å². The van der Waals surface area contributed by atoms with E-state index in [1.807, 2.05) is 19.9 Å². The molecule has 0 bridgehead atoms. The lowest BCUT2D eigenvalue weighted by Crippen LogP contribution is -1.99. The number of hydrogen-bond donors (Lipinski definition) is 1. The van der Waals surface area contributed by atoms with Crippen LogP contribution in [0.5, 0.6) is 0 Å². The molecule has 2 aromatic rings. The molecule has 0 saturated heterocycles. The van der Waals surface area contributed by atoms with E-state index >= 15 is 0 Å². The van der Waals surface area contributed by atoms with Crippen LogP contribution in [0.2, 0.25) is 0 Å². The van der Waals surface area contributed by atoms with Gasteiger partial charge in [-0.05, 0) is 50.5 Å². The van der Waals surface area contributed by atoms with Crippen molar-refractivity contribution in [3.8, 4) is 11.5 Å². The van der Waals surface area contributed by atoms with Crippen LogP contribution >= 0.6 is 0 Å². The molecule has 1 N–H and O–H groups in total. The molecule has 0 aliphatic rings. The summed E-state index contributed by atoms with van der Waals surface area (Å²) in [4.78, 5) is 15.1. The highest BCUT2D eigenvalue weighted by atomic mass is 16.4. The molecule has 0 spiro atoms. The number of aliphatic carboxylic acids is 1. The average molecular weight is 259 g/mol. The van der Waals surface area contributed by atoms with Gasteiger partial charge in [-0.15, -0.1) is 0 Å². The van der Waals surface area contributed by atoms with Gasteiger partial charge in [-0.1, -0.05) is 6.07 Å². The number of benzene rings is 1. The molecule has 0 saturated carbocycles. The van der Waals surface area contributed by atoms with E-state index in [4.69, 9.17) is 9.52 Å². The van der Waals surface area contributed by atoms with Gasteiger partial charge in [0.2, 0.25) is 5.89 Å². The lowest BCUT2D eigenvalue weighted by molar-refractivity contribution is -0.136. The monoisotopic (exact) mass is 259 g/mol. The van der Waals surface area contributed by atoms with Crippen molar-refractivity contribution in [2.45, 2.75) is 34.1 Å². The number of rotatable bonds is 3. The molecule has 4 nitrogen and oxygen atoms in total. The second-order valence-electron chi connectivity index (χ2n) is 4.85. The van der Waals surface area contributed by atoms with Crippen molar-refractivity contribution in [1.82, 2.24) is 4.98 Å². The van der Waals surface area contributed by atoms with E-state index in [0.29, 0.717) is 17.3 Å². The minimum absolute atomic E-state index is 0.136. The first-order valence-corrected chi connectivity index (χ1v) is 6.15. The third-order valence-electron chi connectivity index (χ3n) is 3.28. The summed E-state index contributed by atoms with van der Waals surface area (Å²) in [7, 11) is 0. The molecular weight excluding hydrogens is 242 g/mol. The molecule has 1 aromatic heterocycles. The fraction of sp³-hybridized carbons (Fsp3) is 0.333. The summed E-state index contributed by atoms with van der Waals surface area (Å²) >= 11 is 0. The zero-order valence-corrected chi connectivity index (χ0v) is 11.6. The van der Waals surface area contributed by atoms with Gasteiger partial charge < -0.3 is 9.52 Å². The number of oxazole rings is 1. The Morgan fingerprint density at radius 2 is 1.79 bits per heavy atom. The van der Waals surface area contributed by atoms with Crippen molar-refractivity contribution in [2.75, 3.05) is 0 Å². The summed E-state index contributed by atoms with van der Waals surface area (Å²) in [6, 6.07) is 4.11. The van der Waals surface area contributed by atoms with Crippen LogP contribution in [0.1, 0.15) is 28.1 Å². The largest absolute Gasteiger partial charge is 0.481 e. The van der Waals surface area contributed by atoms with E-state index in [9.17, 15) is 4.79 Å². The lowest BCUT2D eigenvalue weighted by atomic mass is 10.0. The number of carboxylic acids is 1. The first kappa shape index (κ1) is 13.3. The van der Waals surface area contributed by atoms with Crippen LogP contribution < -0.4 is 0 Å². The van der Waals surface area contributed by atoms with Gasteiger partial charge in [0, 0.05) is 5.56 Å². The first-order valence-electron chi connectivity index (χ1n) is 6.15. The van der Waals surface area contributed by atoms with Crippen molar-refractivity contribution in [1.29, 1.82) is 0 Å². The van der Waals surface area contributed by atoms with E-state index in [0.717, 1.165) is 16.7 Å². The van der Waals surface area contributed by atoms with Crippen LogP contribution in [-0.2, 0) is 11.2 Å². The molecule has 100 valence electrons. The van der Waals surface area contributed by atoms with Crippen LogP contribution in [0.25, 0.3) is 11.5 Å². The van der Waals surface area contributed by atoms with Crippen LogP contribution in [0, 0.1) is 27.7 Å². The molecule has 0 amide bonds. The van der Waals surface area contributed by atoms with Crippen molar-refractivity contribution in [2.24, 2.45) is 0 Å². The number of hydrogen-bond acceptors (Lipinski definition) is 3. The maximum atomic E-state index is 10.7. The maximum Gasteiger partial charge on any atom is 0.311 e. The molecule has 0 radical (unpaired) electrons. The Bertz CT molecular complexity index is 641. The second-order valence-corrected chi connectivity index (χ2v) is 4.85. The highest BCUT2D eigenvalue weighted by Gasteiger charge is 2.16. The zero-order valence-electron chi connectivity index (χ0n) is 11.6. The van der Waals surface area contributed by atoms with E-state index in [-0.39, 0.29) is 6.42 Å². The molecule has 0 aliphatic carbocycles. The number of aryl methyl sites for hydroxylation is 4. The number of nitrogens with zero attached hydrogens (tertiary/aromatic N) is 1. The Labute approximate surface area is 112 Å². The SMILES string of the molecule is Cc1cc(C)c(-c2nc(C)c(CC(=O)O)o2)cc1C. The van der Waals surface area contributed by atoms with Crippen molar-refractivity contribution in [3.05, 3.63) is 40.3 Å². The topological polar surface area (TPSA) is 63.3 Å². The Balaban J connectivity index is 2.48. The third kappa shape index (κ3) is 2.67. The predicted molar refractivity (Wildman–Crippen MR) is 72.2 cm³/mol. The van der Waals surface area contributed by atoms with E-state index < -0.39 is 5.97 Å². The number of carboxylic acid groups (broad SMARTS) is 1. The molecule has 0 fully saturated rings. The highest BCUT2D eigenvalue weighted by Crippen LogP contribution is 2.27. The number of aromatic nitrogens is 1. The van der Waals surface area contributed by atoms with Gasteiger partial charge in [0.05, 0.1) is 5.69 Å². The number of carbonyl (C=O) groups is 1. The highest BCUT2D eigenvalue weighted by molar-refractivity contribution is 5.70. The molecule has 1 aromatic carbocycles. The van der Waals surface area contributed by atoms with E-state index in [2.05, 4.69) is 18.0 Å². The van der Waals surface area contributed by atoms with Crippen molar-refractivity contribution < 1.29 is 14.3 Å². The Morgan fingerprint density at radius 1 is 1.16 bits per heavy atom. The fourth-order valence-electron chi connectivity index (χ4n) is 2.04. The van der Waals surface area contributed by atoms with Gasteiger partial charge in [0.25, 0.3) is 0 Å². The summed E-state index contributed by atoms with van der Waals surface area (Å²) in [6.45, 7) is 7.86. The van der Waals surface area contributed by atoms with Crippen LogP contribution in [0.4, 0.5) is 0 Å². The lowest BCUT2D eigenvalue weighted by Gasteiger charge is -2.06. The maximum absolute atomic E-state index is 10.7. The molecule has 2 rings (SSSR count). The van der Waals surface area contributed by atoms with E-state index in [1.165, 1.54) is 5.56 Å². The van der Waals surface area contributed by atoms with Crippen molar-refractivity contribution in [3.63, 3.8) is 0 Å². The van der Waals surface area contributed by atoms with Crippen LogP contribution in [-0.4, -0.2) is 16.1 Å². The van der Waals surface area contributed by atoms with Crippen LogP contribution in [0.3, 0.4) is 0 Å². The van der Waals surface area contributed by atoms with Gasteiger partial charge in [0.1, 0.15) is 12.2 Å². The summed E-state index contributed by atoms with van der Waals surface area (Å²) in [6.07, 6.45) is -0.136. The standard InChI is InChI=1S/C15H17NO3/c1-8-5-10(3)12(6-9(8)2)15-16-11(4)13(19-15)7-14(17)18/h5-6H,7H2,1-4H3,(H,17,18). The van der Waals surface area contributed by atoms with E-state index in [1.54, 1.807) is 6.92 Å². The third-order valence-corrected chi connectivity index (χ3v) is 3.28. The summed E-state index contributed by atoms with van der Waals surface area (Å²) in [5.41, 5.74) is 5.01. The Hall–Kier alpha value is -2.10.